The summed E-state index contributed by atoms with van der Waals surface area (Å²) in [6.45, 7) is 7.07. The quantitative estimate of drug-likeness (QED) is 0.226. The van der Waals surface area contributed by atoms with Crippen molar-refractivity contribution in [3.05, 3.63) is 36.4 Å². The highest BCUT2D eigenvalue weighted by atomic mass is 32.1. The molecule has 1 rings (SSSR count). The third-order valence-electron chi connectivity index (χ3n) is 2.98. The summed E-state index contributed by atoms with van der Waals surface area (Å²) in [6, 6.07) is 5.68. The molecular formula is C17H25N3O2S. The molecule has 0 aliphatic heterocycles. The highest BCUT2D eigenvalue weighted by Crippen LogP contribution is 2.27. The number of benzene rings is 1. The summed E-state index contributed by atoms with van der Waals surface area (Å²) in [5.41, 5.74) is 3.63. The fraction of sp³-hybridized carbons (Fsp3) is 0.412. The molecule has 0 spiro atoms. The Morgan fingerprint density at radius 2 is 2.17 bits per heavy atom. The molecule has 0 bridgehead atoms. The molecule has 1 aromatic rings. The van der Waals surface area contributed by atoms with Gasteiger partial charge in [-0.15, -0.1) is 6.58 Å². The van der Waals surface area contributed by atoms with Gasteiger partial charge in [-0.25, -0.2) is 0 Å². The van der Waals surface area contributed by atoms with E-state index in [0.717, 1.165) is 17.7 Å². The lowest BCUT2D eigenvalue weighted by atomic mass is 10.2. The molecule has 0 saturated carbocycles. The van der Waals surface area contributed by atoms with E-state index in [1.54, 1.807) is 19.4 Å². The Balaban J connectivity index is 2.57. The number of rotatable bonds is 10. The summed E-state index contributed by atoms with van der Waals surface area (Å²) in [5, 5.41) is 7.45. The Bertz CT molecular complexity index is 533. The minimum Gasteiger partial charge on any atom is -0.493 e. The summed E-state index contributed by atoms with van der Waals surface area (Å²) in [5.74, 6) is 1.44. The predicted octanol–water partition coefficient (Wildman–Crippen LogP) is 3.25. The number of hydrazone groups is 1. The maximum absolute atomic E-state index is 5.75. The number of hydrogen-bond acceptors (Lipinski definition) is 4. The van der Waals surface area contributed by atoms with E-state index in [9.17, 15) is 0 Å². The Labute approximate surface area is 143 Å². The molecule has 5 nitrogen and oxygen atoms in total. The maximum Gasteiger partial charge on any atom is 0.187 e. The second-order valence-corrected chi connectivity index (χ2v) is 5.24. The first-order valence-electron chi connectivity index (χ1n) is 7.69. The van der Waals surface area contributed by atoms with Crippen LogP contribution in [0.3, 0.4) is 0 Å². The van der Waals surface area contributed by atoms with Gasteiger partial charge >= 0.3 is 0 Å². The zero-order chi connectivity index (χ0) is 16.9. The molecule has 1 aromatic carbocycles. The van der Waals surface area contributed by atoms with Gasteiger partial charge in [0.2, 0.25) is 0 Å². The molecule has 0 aliphatic rings. The minimum atomic E-state index is 0.448. The number of hydrogen-bond donors (Lipinski definition) is 2. The fourth-order valence-electron chi connectivity index (χ4n) is 1.79. The Morgan fingerprint density at radius 3 is 2.87 bits per heavy atom. The lowest BCUT2D eigenvalue weighted by Crippen LogP contribution is -2.31. The first-order valence-corrected chi connectivity index (χ1v) is 8.10. The molecule has 0 heterocycles. The van der Waals surface area contributed by atoms with E-state index in [0.29, 0.717) is 24.0 Å². The van der Waals surface area contributed by atoms with Gasteiger partial charge in [-0.2, -0.15) is 5.10 Å². The van der Waals surface area contributed by atoms with Crippen LogP contribution in [0, 0.1) is 0 Å². The van der Waals surface area contributed by atoms with Crippen molar-refractivity contribution in [1.29, 1.82) is 0 Å². The standard InChI is InChI=1S/C17H25N3O2S/c1-4-6-7-11-22-15-9-8-14(12-16(15)21-3)13-19-20-17(23)18-10-5-2/h5,8-9,12-13H,2,4,6-7,10-11H2,1,3H3,(H2,18,20,23)/b19-13+. The van der Waals surface area contributed by atoms with Gasteiger partial charge in [0, 0.05) is 6.54 Å². The zero-order valence-electron chi connectivity index (χ0n) is 13.8. The Hall–Kier alpha value is -2.08. The SMILES string of the molecule is C=CCNC(=S)N/N=C/c1ccc(OCCCCC)c(OC)c1. The molecule has 0 fully saturated rings. The van der Waals surface area contributed by atoms with Crippen LogP contribution in [0.15, 0.2) is 36.0 Å². The number of nitrogens with zero attached hydrogens (tertiary/aromatic N) is 1. The average molecular weight is 335 g/mol. The summed E-state index contributed by atoms with van der Waals surface area (Å²) < 4.78 is 11.1. The minimum absolute atomic E-state index is 0.448. The van der Waals surface area contributed by atoms with Gasteiger partial charge in [0.05, 0.1) is 19.9 Å². The highest BCUT2D eigenvalue weighted by molar-refractivity contribution is 7.80. The van der Waals surface area contributed by atoms with Crippen LogP contribution in [0.1, 0.15) is 31.7 Å². The molecule has 0 atom stereocenters. The highest BCUT2D eigenvalue weighted by Gasteiger charge is 2.05. The molecule has 126 valence electrons. The van der Waals surface area contributed by atoms with Crippen molar-refractivity contribution in [2.45, 2.75) is 26.2 Å². The second kappa shape index (κ2) is 11.5. The van der Waals surface area contributed by atoms with Gasteiger partial charge in [-0.1, -0.05) is 25.8 Å². The van der Waals surface area contributed by atoms with Gasteiger partial charge in [0.15, 0.2) is 16.6 Å². The Morgan fingerprint density at radius 1 is 1.35 bits per heavy atom. The normalized spacial score (nSPS) is 10.3. The lowest BCUT2D eigenvalue weighted by Gasteiger charge is -2.11. The molecule has 0 saturated heterocycles. The molecular weight excluding hydrogens is 310 g/mol. The van der Waals surface area contributed by atoms with Crippen molar-refractivity contribution < 1.29 is 9.47 Å². The maximum atomic E-state index is 5.75. The van der Waals surface area contributed by atoms with Crippen LogP contribution in [0.4, 0.5) is 0 Å². The van der Waals surface area contributed by atoms with E-state index in [2.05, 4.69) is 29.3 Å². The number of methoxy groups -OCH3 is 1. The monoisotopic (exact) mass is 335 g/mol. The van der Waals surface area contributed by atoms with Gasteiger partial charge in [0.1, 0.15) is 0 Å². The van der Waals surface area contributed by atoms with Crippen molar-refractivity contribution in [1.82, 2.24) is 10.7 Å². The summed E-state index contributed by atoms with van der Waals surface area (Å²) >= 11 is 5.05. The van der Waals surface area contributed by atoms with Crippen LogP contribution in [0.25, 0.3) is 0 Å². The molecule has 6 heteroatoms. The molecule has 0 unspecified atom stereocenters. The summed E-state index contributed by atoms with van der Waals surface area (Å²) in [6.07, 6.45) is 6.78. The second-order valence-electron chi connectivity index (χ2n) is 4.83. The molecule has 0 radical (unpaired) electrons. The van der Waals surface area contributed by atoms with Crippen molar-refractivity contribution in [3.63, 3.8) is 0 Å². The van der Waals surface area contributed by atoms with Crippen LogP contribution < -0.4 is 20.2 Å². The smallest absolute Gasteiger partial charge is 0.187 e. The van der Waals surface area contributed by atoms with E-state index < -0.39 is 0 Å². The molecule has 2 N–H and O–H groups in total. The van der Waals surface area contributed by atoms with E-state index in [4.69, 9.17) is 21.7 Å². The van der Waals surface area contributed by atoms with Crippen LogP contribution in [0.2, 0.25) is 0 Å². The molecule has 0 aliphatic carbocycles. The number of nitrogens with one attached hydrogen (secondary N) is 2. The Kier molecular flexibility index (Phi) is 9.47. The van der Waals surface area contributed by atoms with Crippen LogP contribution in [0.5, 0.6) is 11.5 Å². The van der Waals surface area contributed by atoms with Crippen LogP contribution in [-0.2, 0) is 0 Å². The molecule has 0 aromatic heterocycles. The van der Waals surface area contributed by atoms with Crippen molar-refractivity contribution >= 4 is 23.5 Å². The van der Waals surface area contributed by atoms with Crippen molar-refractivity contribution in [2.75, 3.05) is 20.3 Å². The van der Waals surface area contributed by atoms with Crippen LogP contribution in [-0.4, -0.2) is 31.6 Å². The van der Waals surface area contributed by atoms with Crippen LogP contribution >= 0.6 is 12.2 Å². The molecule has 23 heavy (non-hydrogen) atoms. The first-order chi connectivity index (χ1) is 11.2. The number of unbranched alkanes of at least 4 members (excludes halogenated alkanes) is 2. The van der Waals surface area contributed by atoms with Crippen molar-refractivity contribution in [2.24, 2.45) is 5.10 Å². The van der Waals surface area contributed by atoms with E-state index in [-0.39, 0.29) is 0 Å². The van der Waals surface area contributed by atoms with Gasteiger partial charge in [-0.3, -0.25) is 5.43 Å². The summed E-state index contributed by atoms with van der Waals surface area (Å²) in [4.78, 5) is 0. The molecule has 0 amide bonds. The zero-order valence-corrected chi connectivity index (χ0v) is 14.6. The summed E-state index contributed by atoms with van der Waals surface area (Å²) in [7, 11) is 1.63. The van der Waals surface area contributed by atoms with E-state index in [1.165, 1.54) is 12.8 Å². The van der Waals surface area contributed by atoms with E-state index in [1.807, 2.05) is 18.2 Å². The third kappa shape index (κ3) is 7.65. The largest absolute Gasteiger partial charge is 0.493 e. The predicted molar refractivity (Wildman–Crippen MR) is 99.5 cm³/mol. The topological polar surface area (TPSA) is 54.9 Å². The number of ether oxygens (including phenoxy) is 2. The lowest BCUT2D eigenvalue weighted by molar-refractivity contribution is 0.286. The van der Waals surface area contributed by atoms with Gasteiger partial charge in [0.25, 0.3) is 0 Å². The van der Waals surface area contributed by atoms with Crippen molar-refractivity contribution in [3.8, 4) is 11.5 Å². The fourth-order valence-corrected chi connectivity index (χ4v) is 1.92. The van der Waals surface area contributed by atoms with Gasteiger partial charge in [-0.05, 0) is 42.4 Å². The van der Waals surface area contributed by atoms with Gasteiger partial charge < -0.3 is 14.8 Å². The first kappa shape index (κ1) is 19.0. The number of thiocarbonyl (C=S) groups is 1. The average Bonchev–Trinajstić information content (AvgIpc) is 2.57. The van der Waals surface area contributed by atoms with E-state index >= 15 is 0 Å². The third-order valence-corrected chi connectivity index (χ3v) is 3.22.